The van der Waals surface area contributed by atoms with Crippen molar-refractivity contribution in [1.29, 1.82) is 0 Å². The number of isocyanates is 2. The Morgan fingerprint density at radius 1 is 0.705 bits per heavy atom. The van der Waals surface area contributed by atoms with Crippen LogP contribution in [0.5, 0.6) is 0 Å². The summed E-state index contributed by atoms with van der Waals surface area (Å²) >= 11 is 0. The molecule has 0 saturated carbocycles. The Morgan fingerprint density at radius 3 is 1.48 bits per heavy atom. The van der Waals surface area contributed by atoms with Crippen LogP contribution in [-0.4, -0.2) is 82.7 Å². The number of aromatic nitrogens is 3. The molecule has 0 radical (unpaired) electrons. The number of hydrogen-bond acceptors (Lipinski definition) is 10. The molecular weight excluding hydrogens is 570 g/mol. The van der Waals surface area contributed by atoms with Crippen LogP contribution in [0.2, 0.25) is 0 Å². The van der Waals surface area contributed by atoms with Gasteiger partial charge in [-0.05, 0) is 66.5 Å². The summed E-state index contributed by atoms with van der Waals surface area (Å²) < 4.78 is 8.75. The average Bonchev–Trinajstić information content (AvgIpc) is 2.99. The van der Waals surface area contributed by atoms with Crippen LogP contribution in [0.25, 0.3) is 0 Å². The molecule has 1 N–H and O–H groups in total. The molecule has 0 unspecified atom stereocenters. The highest BCUT2D eigenvalue weighted by atomic mass is 16.5. The standard InChI is InChI=1S/C30H51N7O7/c1-30(2,34(3)4)23-44-26(40)33-19-13-7-10-16-22-37-28(42)35(20-14-8-5-11-17-31-24-38)27(41)36(29(37)43)21-15-9-6-12-18-32-25-39/h5-23H2,1-4H3,(H,33,40). The van der Waals surface area contributed by atoms with E-state index in [1.807, 2.05) is 32.8 Å². The molecule has 44 heavy (non-hydrogen) atoms. The Balaban J connectivity index is 2.73. The van der Waals surface area contributed by atoms with E-state index in [-0.39, 0.29) is 31.8 Å². The fourth-order valence-corrected chi connectivity index (χ4v) is 4.34. The van der Waals surface area contributed by atoms with Crippen molar-refractivity contribution >= 4 is 18.3 Å². The van der Waals surface area contributed by atoms with Gasteiger partial charge in [0.2, 0.25) is 12.2 Å². The summed E-state index contributed by atoms with van der Waals surface area (Å²) in [5.74, 6) is 0. The predicted octanol–water partition coefficient (Wildman–Crippen LogP) is 2.59. The minimum absolute atomic E-state index is 0.195. The third-order valence-electron chi connectivity index (χ3n) is 7.66. The molecule has 0 aliphatic carbocycles. The molecule has 14 heteroatoms. The molecule has 1 heterocycles. The van der Waals surface area contributed by atoms with E-state index < -0.39 is 23.2 Å². The molecule has 0 saturated heterocycles. The van der Waals surface area contributed by atoms with Gasteiger partial charge in [0.25, 0.3) is 0 Å². The number of hydrogen-bond donors (Lipinski definition) is 1. The Morgan fingerprint density at radius 2 is 1.09 bits per heavy atom. The predicted molar refractivity (Wildman–Crippen MR) is 168 cm³/mol. The Labute approximate surface area is 259 Å². The minimum atomic E-state index is -0.599. The van der Waals surface area contributed by atoms with Gasteiger partial charge in [-0.1, -0.05) is 38.5 Å². The van der Waals surface area contributed by atoms with Gasteiger partial charge in [-0.2, -0.15) is 0 Å². The van der Waals surface area contributed by atoms with Crippen LogP contribution in [-0.2, 0) is 34.0 Å². The maximum absolute atomic E-state index is 13.2. The lowest BCUT2D eigenvalue weighted by Crippen LogP contribution is -2.54. The van der Waals surface area contributed by atoms with E-state index in [2.05, 4.69) is 15.3 Å². The third kappa shape index (κ3) is 14.7. The van der Waals surface area contributed by atoms with E-state index >= 15 is 0 Å². The molecule has 1 amide bonds. The van der Waals surface area contributed by atoms with E-state index in [0.717, 1.165) is 71.5 Å². The molecule has 0 spiro atoms. The Hall–Kier alpha value is -3.60. The number of likely N-dealkylation sites (N-methyl/N-ethyl adjacent to an activating group) is 1. The first-order valence-corrected chi connectivity index (χ1v) is 15.7. The van der Waals surface area contributed by atoms with Crippen LogP contribution < -0.4 is 22.4 Å². The molecule has 0 aromatic carbocycles. The smallest absolute Gasteiger partial charge is 0.407 e. The number of carbonyl (C=O) groups is 1. The molecule has 1 aromatic heterocycles. The zero-order valence-electron chi connectivity index (χ0n) is 27.0. The van der Waals surface area contributed by atoms with Gasteiger partial charge < -0.3 is 15.0 Å². The first-order valence-electron chi connectivity index (χ1n) is 15.7. The fourth-order valence-electron chi connectivity index (χ4n) is 4.34. The van der Waals surface area contributed by atoms with Gasteiger partial charge in [0.05, 0.1) is 13.1 Å². The number of amides is 1. The van der Waals surface area contributed by atoms with Crippen LogP contribution in [0.15, 0.2) is 24.4 Å². The number of nitrogens with one attached hydrogen (secondary N) is 1. The van der Waals surface area contributed by atoms with Crippen molar-refractivity contribution in [3.05, 3.63) is 31.5 Å². The van der Waals surface area contributed by atoms with Gasteiger partial charge >= 0.3 is 23.2 Å². The van der Waals surface area contributed by atoms with Gasteiger partial charge in [0.1, 0.15) is 6.61 Å². The van der Waals surface area contributed by atoms with Crippen molar-refractivity contribution in [2.75, 3.05) is 40.3 Å². The minimum Gasteiger partial charge on any atom is -0.448 e. The number of nitrogens with zero attached hydrogens (tertiary/aromatic N) is 6. The summed E-state index contributed by atoms with van der Waals surface area (Å²) in [7, 11) is 3.85. The van der Waals surface area contributed by atoms with E-state index in [0.29, 0.717) is 38.9 Å². The topological polar surface area (TPSA) is 166 Å². The molecule has 0 aliphatic rings. The van der Waals surface area contributed by atoms with Crippen molar-refractivity contribution in [3.8, 4) is 0 Å². The lowest BCUT2D eigenvalue weighted by Gasteiger charge is -2.31. The van der Waals surface area contributed by atoms with Crippen molar-refractivity contribution in [2.24, 2.45) is 9.98 Å². The van der Waals surface area contributed by atoms with Crippen molar-refractivity contribution in [1.82, 2.24) is 23.9 Å². The molecule has 1 rings (SSSR count). The average molecular weight is 622 g/mol. The Bertz CT molecular complexity index is 1200. The normalized spacial score (nSPS) is 11.2. The van der Waals surface area contributed by atoms with Crippen molar-refractivity contribution in [2.45, 2.75) is 116 Å². The summed E-state index contributed by atoms with van der Waals surface area (Å²) in [6.45, 7) is 6.10. The summed E-state index contributed by atoms with van der Waals surface area (Å²) in [5.41, 5.74) is -2.06. The largest absolute Gasteiger partial charge is 0.448 e. The van der Waals surface area contributed by atoms with Crippen molar-refractivity contribution < 1.29 is 19.1 Å². The van der Waals surface area contributed by atoms with E-state index in [1.165, 1.54) is 12.2 Å². The summed E-state index contributed by atoms with van der Waals surface area (Å²) in [6, 6.07) is 0. The third-order valence-corrected chi connectivity index (χ3v) is 7.66. The zero-order chi connectivity index (χ0) is 32.8. The van der Waals surface area contributed by atoms with Crippen LogP contribution in [0, 0.1) is 0 Å². The number of ether oxygens (including phenoxy) is 1. The van der Waals surface area contributed by atoms with Gasteiger partial charge in [-0.3, -0.25) is 0 Å². The maximum Gasteiger partial charge on any atom is 0.407 e. The highest BCUT2D eigenvalue weighted by molar-refractivity contribution is 5.67. The Kier molecular flexibility index (Phi) is 19.2. The quantitative estimate of drug-likeness (QED) is 0.104. The second-order valence-corrected chi connectivity index (χ2v) is 11.7. The SMILES string of the molecule is CN(C)C(C)(C)COC(=O)NCCCCCCn1c(=O)n(CCCCCCN=C=O)c(=O)n(CCCCCCN=C=O)c1=O. The highest BCUT2D eigenvalue weighted by Crippen LogP contribution is 2.10. The number of alkyl carbamates (subject to hydrolysis) is 1. The summed E-state index contributed by atoms with van der Waals surface area (Å²) in [4.78, 5) is 81.0. The number of aliphatic imine (C=N–C) groups is 2. The van der Waals surface area contributed by atoms with Crippen LogP contribution >= 0.6 is 0 Å². The van der Waals surface area contributed by atoms with Gasteiger partial charge in [0, 0.05) is 31.7 Å². The molecule has 1 aromatic rings. The van der Waals surface area contributed by atoms with Gasteiger partial charge in [-0.25, -0.2) is 52.5 Å². The first-order chi connectivity index (χ1) is 21.1. The van der Waals surface area contributed by atoms with Gasteiger partial charge in [0.15, 0.2) is 0 Å². The maximum atomic E-state index is 13.2. The molecular formula is C30H51N7O7. The van der Waals surface area contributed by atoms with Crippen LogP contribution in [0.1, 0.15) is 90.9 Å². The second kappa shape index (κ2) is 22.0. The highest BCUT2D eigenvalue weighted by Gasteiger charge is 2.22. The molecule has 0 aliphatic heterocycles. The number of rotatable bonds is 24. The van der Waals surface area contributed by atoms with Crippen molar-refractivity contribution in [3.63, 3.8) is 0 Å². The lowest BCUT2D eigenvalue weighted by molar-refractivity contribution is 0.0699. The van der Waals surface area contributed by atoms with E-state index in [1.54, 1.807) is 0 Å². The molecule has 14 nitrogen and oxygen atoms in total. The van der Waals surface area contributed by atoms with Crippen LogP contribution in [0.3, 0.4) is 0 Å². The zero-order valence-corrected chi connectivity index (χ0v) is 27.0. The molecule has 248 valence electrons. The first kappa shape index (κ1) is 38.4. The van der Waals surface area contributed by atoms with Gasteiger partial charge in [-0.15, -0.1) is 0 Å². The fraction of sp³-hybridized carbons (Fsp3) is 0.800. The van der Waals surface area contributed by atoms with E-state index in [4.69, 9.17) is 4.74 Å². The summed E-state index contributed by atoms with van der Waals surface area (Å²) in [5, 5.41) is 2.75. The number of unbranched alkanes of at least 4 members (excludes halogenated alkanes) is 9. The molecule has 0 atom stereocenters. The molecule has 0 bridgehead atoms. The lowest BCUT2D eigenvalue weighted by atomic mass is 10.1. The summed E-state index contributed by atoms with van der Waals surface area (Å²) in [6.07, 6.45) is 11.1. The second-order valence-electron chi connectivity index (χ2n) is 11.7. The monoisotopic (exact) mass is 621 g/mol. The van der Waals surface area contributed by atoms with Crippen LogP contribution in [0.4, 0.5) is 4.79 Å². The molecule has 0 fully saturated rings. The van der Waals surface area contributed by atoms with E-state index in [9.17, 15) is 28.8 Å². The number of carbonyl (C=O) groups excluding carboxylic acids is 3.